The molecule has 0 aliphatic heterocycles. The summed E-state index contributed by atoms with van der Waals surface area (Å²) in [6.07, 6.45) is 6.15. The summed E-state index contributed by atoms with van der Waals surface area (Å²) in [5, 5.41) is 21.1. The van der Waals surface area contributed by atoms with Gasteiger partial charge in [-0.1, -0.05) is 72.8 Å². The van der Waals surface area contributed by atoms with Gasteiger partial charge in [-0.15, -0.1) is 0 Å². The normalized spacial score (nSPS) is 11.3. The first-order valence-electron chi connectivity index (χ1n) is 16.2. The van der Waals surface area contributed by atoms with Crippen molar-refractivity contribution >= 4 is 21.5 Å². The first-order valence-corrected chi connectivity index (χ1v) is 16.2. The van der Waals surface area contributed by atoms with Crippen LogP contribution in [-0.2, 0) is 19.6 Å². The van der Waals surface area contributed by atoms with Gasteiger partial charge in [-0.3, -0.25) is 0 Å². The lowest BCUT2D eigenvalue weighted by Gasteiger charge is -2.13. The van der Waals surface area contributed by atoms with Crippen LogP contribution in [0.2, 0.25) is 0 Å². The van der Waals surface area contributed by atoms with Crippen LogP contribution in [0.3, 0.4) is 0 Å². The molecule has 0 fully saturated rings. The van der Waals surface area contributed by atoms with Gasteiger partial charge in [0.05, 0.1) is 13.2 Å². The lowest BCUT2D eigenvalue weighted by atomic mass is 9.97. The van der Waals surface area contributed by atoms with Crippen LogP contribution in [0.4, 0.5) is 0 Å². The van der Waals surface area contributed by atoms with Gasteiger partial charge in [-0.25, -0.2) is 0 Å². The van der Waals surface area contributed by atoms with Gasteiger partial charge < -0.3 is 25.2 Å². The molecule has 5 aromatic rings. The average Bonchev–Trinajstić information content (AvgIpc) is 3.07. The van der Waals surface area contributed by atoms with Crippen molar-refractivity contribution in [3.05, 3.63) is 120 Å². The third-order valence-electron chi connectivity index (χ3n) is 8.03. The molecular weight excluding hydrogens is 544 g/mol. The molecule has 0 aliphatic carbocycles. The Morgan fingerprint density at radius 2 is 1.02 bits per heavy atom. The van der Waals surface area contributed by atoms with E-state index in [1.807, 2.05) is 0 Å². The fraction of sp³-hybridized carbons (Fsp3) is 0.333. The molecule has 5 nitrogen and oxygen atoms in total. The molecule has 5 aromatic carbocycles. The number of nitrogens with one attached hydrogen (secondary N) is 2. The van der Waals surface area contributed by atoms with Crippen LogP contribution in [0, 0.1) is 0 Å². The summed E-state index contributed by atoms with van der Waals surface area (Å²) in [5.74, 6) is 1.85. The van der Waals surface area contributed by atoms with Crippen molar-refractivity contribution < 1.29 is 14.6 Å². The molecule has 0 bridgehead atoms. The molecule has 0 aliphatic rings. The van der Waals surface area contributed by atoms with E-state index in [1.165, 1.54) is 38.2 Å². The van der Waals surface area contributed by atoms with Gasteiger partial charge in [0.25, 0.3) is 0 Å². The maximum Gasteiger partial charge on any atom is 0.119 e. The second-order valence-corrected chi connectivity index (χ2v) is 11.4. The monoisotopic (exact) mass is 590 g/mol. The van der Waals surface area contributed by atoms with Crippen molar-refractivity contribution in [1.82, 2.24) is 10.6 Å². The molecule has 5 rings (SSSR count). The number of aliphatic hydroxyl groups is 1. The summed E-state index contributed by atoms with van der Waals surface area (Å²) in [6, 6.07) is 36.4. The Balaban J connectivity index is 0.951. The highest BCUT2D eigenvalue weighted by molar-refractivity contribution is 6.02. The summed E-state index contributed by atoms with van der Waals surface area (Å²) >= 11 is 0. The van der Waals surface area contributed by atoms with E-state index in [9.17, 15) is 0 Å². The molecule has 0 saturated carbocycles. The van der Waals surface area contributed by atoms with Crippen molar-refractivity contribution in [3.8, 4) is 11.5 Å². The Hall–Kier alpha value is -3.90. The van der Waals surface area contributed by atoms with E-state index in [0.717, 1.165) is 82.8 Å². The lowest BCUT2D eigenvalue weighted by molar-refractivity contribution is 0.279. The number of hydrogen-bond acceptors (Lipinski definition) is 5. The zero-order valence-electron chi connectivity index (χ0n) is 25.8. The maximum atomic E-state index is 8.84. The van der Waals surface area contributed by atoms with Crippen molar-refractivity contribution in [3.63, 3.8) is 0 Å². The Kier molecular flexibility index (Phi) is 12.5. The number of aliphatic hydroxyl groups excluding tert-OH is 1. The minimum absolute atomic E-state index is 0.287. The molecule has 44 heavy (non-hydrogen) atoms. The summed E-state index contributed by atoms with van der Waals surface area (Å²) in [7, 11) is 0. The molecule has 0 aromatic heterocycles. The molecule has 0 amide bonds. The van der Waals surface area contributed by atoms with Gasteiger partial charge in [-0.05, 0) is 114 Å². The minimum Gasteiger partial charge on any atom is -0.494 e. The van der Waals surface area contributed by atoms with Crippen LogP contribution >= 0.6 is 0 Å². The molecular formula is C39H46N2O3. The zero-order valence-corrected chi connectivity index (χ0v) is 25.8. The quantitative estimate of drug-likeness (QED) is 0.0669. The predicted molar refractivity (Wildman–Crippen MR) is 182 cm³/mol. The van der Waals surface area contributed by atoms with Crippen molar-refractivity contribution in [1.29, 1.82) is 0 Å². The summed E-state index contributed by atoms with van der Waals surface area (Å²) in [5.41, 5.74) is 3.86. The number of hydrogen-bond donors (Lipinski definition) is 3. The molecule has 0 spiro atoms. The topological polar surface area (TPSA) is 62.8 Å². The smallest absolute Gasteiger partial charge is 0.119 e. The van der Waals surface area contributed by atoms with Crippen LogP contribution in [0.5, 0.6) is 11.5 Å². The van der Waals surface area contributed by atoms with Gasteiger partial charge in [-0.2, -0.15) is 0 Å². The molecule has 0 saturated heterocycles. The first-order chi connectivity index (χ1) is 21.8. The average molecular weight is 591 g/mol. The first kappa shape index (κ1) is 31.5. The minimum atomic E-state index is 0.287. The molecule has 0 heterocycles. The van der Waals surface area contributed by atoms with Crippen molar-refractivity contribution in [2.45, 2.75) is 58.2 Å². The molecule has 0 unspecified atom stereocenters. The maximum absolute atomic E-state index is 8.84. The molecule has 230 valence electrons. The third-order valence-corrected chi connectivity index (χ3v) is 8.03. The zero-order chi connectivity index (χ0) is 30.2. The SMILES string of the molecule is OCCCCCNCc1ccc(OCCCCCOc2ccc(CNCc3c4ccccc4cc4ccccc34)cc2)cc1. The third kappa shape index (κ3) is 9.55. The summed E-state index contributed by atoms with van der Waals surface area (Å²) in [4.78, 5) is 0. The number of benzene rings is 5. The lowest BCUT2D eigenvalue weighted by Crippen LogP contribution is -2.14. The molecule has 0 radical (unpaired) electrons. The Morgan fingerprint density at radius 1 is 0.500 bits per heavy atom. The molecule has 0 atom stereocenters. The van der Waals surface area contributed by atoms with Gasteiger partial charge in [0.1, 0.15) is 11.5 Å². The van der Waals surface area contributed by atoms with Crippen LogP contribution in [0.15, 0.2) is 103 Å². The Bertz CT molecular complexity index is 1500. The highest BCUT2D eigenvalue weighted by Gasteiger charge is 2.07. The van der Waals surface area contributed by atoms with E-state index in [0.29, 0.717) is 6.61 Å². The van der Waals surface area contributed by atoms with Gasteiger partial charge >= 0.3 is 0 Å². The second kappa shape index (κ2) is 17.4. The van der Waals surface area contributed by atoms with Crippen molar-refractivity contribution in [2.75, 3.05) is 26.4 Å². The fourth-order valence-electron chi connectivity index (χ4n) is 5.57. The Morgan fingerprint density at radius 3 is 1.59 bits per heavy atom. The van der Waals surface area contributed by atoms with E-state index >= 15 is 0 Å². The van der Waals surface area contributed by atoms with Crippen molar-refractivity contribution in [2.24, 2.45) is 0 Å². The van der Waals surface area contributed by atoms with E-state index in [2.05, 4.69) is 114 Å². The highest BCUT2D eigenvalue weighted by Crippen LogP contribution is 2.28. The predicted octanol–water partition coefficient (Wildman–Crippen LogP) is 8.16. The van der Waals surface area contributed by atoms with Crippen LogP contribution in [-0.4, -0.2) is 31.5 Å². The largest absolute Gasteiger partial charge is 0.494 e. The number of unbranched alkanes of at least 4 members (excludes halogenated alkanes) is 4. The van der Waals surface area contributed by atoms with Gasteiger partial charge in [0.15, 0.2) is 0 Å². The number of ether oxygens (including phenoxy) is 2. The van der Waals surface area contributed by atoms with Gasteiger partial charge in [0, 0.05) is 26.2 Å². The summed E-state index contributed by atoms with van der Waals surface area (Å²) < 4.78 is 11.9. The standard InChI is InChI=1S/C39H46N2O3/c42-24-8-1-7-23-40-28-31-15-19-35(20-16-31)43-25-9-2-10-26-44-36-21-17-32(18-22-36)29-41-30-39-37-13-5-3-11-33(37)27-34-12-4-6-14-38(34)39/h3-6,11-22,27,40-42H,1-2,7-10,23-26,28-30H2. The van der Waals surface area contributed by atoms with Crippen LogP contribution in [0.1, 0.15) is 55.2 Å². The van der Waals surface area contributed by atoms with Crippen LogP contribution in [0.25, 0.3) is 21.5 Å². The van der Waals surface area contributed by atoms with E-state index in [-0.39, 0.29) is 6.61 Å². The van der Waals surface area contributed by atoms with E-state index < -0.39 is 0 Å². The van der Waals surface area contributed by atoms with Crippen LogP contribution < -0.4 is 20.1 Å². The number of rotatable bonds is 19. The summed E-state index contributed by atoms with van der Waals surface area (Å²) in [6.45, 7) is 5.20. The molecule has 3 N–H and O–H groups in total. The fourth-order valence-corrected chi connectivity index (χ4v) is 5.57. The van der Waals surface area contributed by atoms with E-state index in [4.69, 9.17) is 14.6 Å². The van der Waals surface area contributed by atoms with Gasteiger partial charge in [0.2, 0.25) is 0 Å². The Labute approximate surface area is 262 Å². The second-order valence-electron chi connectivity index (χ2n) is 11.4. The van der Waals surface area contributed by atoms with E-state index in [1.54, 1.807) is 0 Å². The highest BCUT2D eigenvalue weighted by atomic mass is 16.5. The molecule has 5 heteroatoms. The number of fused-ring (bicyclic) bond motifs is 2.